The van der Waals surface area contributed by atoms with Gasteiger partial charge < -0.3 is 5.32 Å². The lowest BCUT2D eigenvalue weighted by Crippen LogP contribution is -2.43. The molecular weight excluding hydrogens is 318 g/mol. The van der Waals surface area contributed by atoms with Gasteiger partial charge in [-0.15, -0.1) is 23.5 Å². The third kappa shape index (κ3) is 5.30. The monoisotopic (exact) mass is 349 g/mol. The van der Waals surface area contributed by atoms with Crippen LogP contribution in [0.25, 0.3) is 0 Å². The molecule has 23 heavy (non-hydrogen) atoms. The lowest BCUT2D eigenvalue weighted by atomic mass is 9.78. The van der Waals surface area contributed by atoms with Gasteiger partial charge in [-0.2, -0.15) is 0 Å². The second-order valence-corrected chi connectivity index (χ2v) is 8.74. The molecule has 0 saturated carbocycles. The van der Waals surface area contributed by atoms with Crippen molar-refractivity contribution in [3.05, 3.63) is 35.4 Å². The molecule has 2 rings (SSSR count). The van der Waals surface area contributed by atoms with E-state index in [4.69, 9.17) is 0 Å². The minimum absolute atomic E-state index is 0.135. The molecule has 0 saturated heterocycles. The maximum absolute atomic E-state index is 3.85. The summed E-state index contributed by atoms with van der Waals surface area (Å²) in [4.78, 5) is 2.75. The van der Waals surface area contributed by atoms with Crippen LogP contribution in [0.5, 0.6) is 0 Å². The Kier molecular flexibility index (Phi) is 7.12. The predicted octanol–water partition coefficient (Wildman–Crippen LogP) is 6.14. The van der Waals surface area contributed by atoms with Gasteiger partial charge in [0.15, 0.2) is 0 Å². The molecule has 0 aliphatic heterocycles. The summed E-state index contributed by atoms with van der Waals surface area (Å²) in [5.41, 5.74) is 3.19. The molecule has 0 aromatic heterocycles. The van der Waals surface area contributed by atoms with Gasteiger partial charge in [-0.1, -0.05) is 38.0 Å². The molecule has 1 N–H and O–H groups in total. The topological polar surface area (TPSA) is 12.0 Å². The molecule has 1 aliphatic carbocycles. The van der Waals surface area contributed by atoms with Crippen LogP contribution in [0.1, 0.15) is 52.0 Å². The molecule has 1 aliphatic rings. The van der Waals surface area contributed by atoms with Gasteiger partial charge in [-0.3, -0.25) is 0 Å². The lowest BCUT2D eigenvalue weighted by Gasteiger charge is -2.36. The summed E-state index contributed by atoms with van der Waals surface area (Å²) in [6, 6.07) is 6.85. The predicted molar refractivity (Wildman–Crippen MR) is 107 cm³/mol. The minimum atomic E-state index is 0.135. The van der Waals surface area contributed by atoms with Gasteiger partial charge in [0.2, 0.25) is 0 Å². The van der Waals surface area contributed by atoms with Crippen LogP contribution < -0.4 is 5.32 Å². The highest BCUT2D eigenvalue weighted by Crippen LogP contribution is 2.34. The molecule has 0 fully saturated rings. The highest BCUT2D eigenvalue weighted by atomic mass is 32.2. The van der Waals surface area contributed by atoms with E-state index in [-0.39, 0.29) is 5.54 Å². The third-order valence-corrected chi connectivity index (χ3v) is 6.20. The molecule has 0 bridgehead atoms. The normalized spacial score (nSPS) is 24.6. The van der Waals surface area contributed by atoms with E-state index in [1.807, 2.05) is 23.5 Å². The van der Waals surface area contributed by atoms with Gasteiger partial charge in [-0.05, 0) is 62.3 Å². The zero-order chi connectivity index (χ0) is 16.9. The molecule has 2 unspecified atom stereocenters. The third-order valence-electron chi connectivity index (χ3n) is 4.65. The molecule has 0 heterocycles. The Morgan fingerprint density at radius 3 is 2.70 bits per heavy atom. The number of allylic oxidation sites excluding steroid dienone is 1. The Morgan fingerprint density at radius 2 is 2.04 bits per heavy atom. The Morgan fingerprint density at radius 1 is 1.26 bits per heavy atom. The van der Waals surface area contributed by atoms with E-state index in [0.717, 1.165) is 12.5 Å². The number of hydrogen-bond donors (Lipinski definition) is 1. The van der Waals surface area contributed by atoms with E-state index in [1.165, 1.54) is 41.0 Å². The fourth-order valence-electron chi connectivity index (χ4n) is 3.73. The number of benzene rings is 1. The molecule has 0 amide bonds. The van der Waals surface area contributed by atoms with Crippen LogP contribution >= 0.6 is 23.5 Å². The number of thioether (sulfide) groups is 2. The highest BCUT2D eigenvalue weighted by Gasteiger charge is 2.29. The number of rotatable bonds is 7. The zero-order valence-corrected chi connectivity index (χ0v) is 16.9. The van der Waals surface area contributed by atoms with E-state index in [2.05, 4.69) is 62.9 Å². The van der Waals surface area contributed by atoms with E-state index in [1.54, 1.807) is 5.57 Å². The molecule has 128 valence electrons. The van der Waals surface area contributed by atoms with Crippen molar-refractivity contribution in [2.75, 3.05) is 12.5 Å². The van der Waals surface area contributed by atoms with Gasteiger partial charge >= 0.3 is 0 Å². The Balaban J connectivity index is 2.11. The van der Waals surface area contributed by atoms with E-state index in [0.29, 0.717) is 0 Å². The molecular formula is C20H31NS2. The van der Waals surface area contributed by atoms with Crippen LogP contribution in [0, 0.1) is 5.92 Å². The minimum Gasteiger partial charge on any atom is -0.304 e. The van der Waals surface area contributed by atoms with Crippen molar-refractivity contribution in [3.63, 3.8) is 0 Å². The summed E-state index contributed by atoms with van der Waals surface area (Å²) < 4.78 is 0. The number of nitrogens with one attached hydrogen (secondary N) is 1. The first-order valence-corrected chi connectivity index (χ1v) is 11.1. The van der Waals surface area contributed by atoms with Crippen molar-refractivity contribution >= 4 is 23.5 Å². The fourth-order valence-corrected chi connectivity index (χ4v) is 4.89. The Labute approximate surface area is 151 Å². The maximum atomic E-state index is 3.85. The first-order valence-electron chi connectivity index (χ1n) is 8.66. The Hall–Kier alpha value is -0.380. The lowest BCUT2D eigenvalue weighted by molar-refractivity contribution is 0.314. The van der Waals surface area contributed by atoms with Crippen molar-refractivity contribution in [1.29, 1.82) is 0 Å². The summed E-state index contributed by atoms with van der Waals surface area (Å²) in [7, 11) is 0. The van der Waals surface area contributed by atoms with Crippen molar-refractivity contribution in [3.8, 4) is 0 Å². The second kappa shape index (κ2) is 8.64. The van der Waals surface area contributed by atoms with Crippen molar-refractivity contribution in [2.45, 2.75) is 68.3 Å². The average molecular weight is 350 g/mol. The number of hydrogen-bond acceptors (Lipinski definition) is 3. The second-order valence-electron chi connectivity index (χ2n) is 7.01. The van der Waals surface area contributed by atoms with Crippen LogP contribution in [-0.2, 0) is 6.54 Å². The van der Waals surface area contributed by atoms with E-state index >= 15 is 0 Å². The quantitative estimate of drug-likeness (QED) is 0.469. The summed E-state index contributed by atoms with van der Waals surface area (Å²) >= 11 is 3.67. The highest BCUT2D eigenvalue weighted by molar-refractivity contribution is 7.99. The molecule has 2 atom stereocenters. The van der Waals surface area contributed by atoms with Crippen LogP contribution in [0.3, 0.4) is 0 Å². The van der Waals surface area contributed by atoms with Crippen LogP contribution in [-0.4, -0.2) is 18.1 Å². The summed E-state index contributed by atoms with van der Waals surface area (Å²) in [6.45, 7) is 7.99. The molecule has 1 nitrogen and oxygen atoms in total. The summed E-state index contributed by atoms with van der Waals surface area (Å²) in [6.07, 6.45) is 11.8. The van der Waals surface area contributed by atoms with Crippen molar-refractivity contribution < 1.29 is 0 Å². The van der Waals surface area contributed by atoms with E-state index < -0.39 is 0 Å². The van der Waals surface area contributed by atoms with Gasteiger partial charge in [-0.25, -0.2) is 0 Å². The molecule has 1 aromatic rings. The smallest absolute Gasteiger partial charge is 0.0343 e. The maximum Gasteiger partial charge on any atom is 0.0343 e. The van der Waals surface area contributed by atoms with Crippen molar-refractivity contribution in [1.82, 2.24) is 5.32 Å². The van der Waals surface area contributed by atoms with Gasteiger partial charge in [0.25, 0.3) is 0 Å². The zero-order valence-electron chi connectivity index (χ0n) is 15.2. The first-order chi connectivity index (χ1) is 11.0. The standard InChI is InChI=1S/C20H31NS2/c1-6-7-16-10-15(2)12-20(3,13-16)21-14-17-8-9-18(22-4)11-19(17)23-5/h8-9,11,13,15,21H,6-7,10,12,14H2,1-5H3. The van der Waals surface area contributed by atoms with Crippen molar-refractivity contribution in [2.24, 2.45) is 5.92 Å². The fraction of sp³-hybridized carbons (Fsp3) is 0.600. The summed E-state index contributed by atoms with van der Waals surface area (Å²) in [5.74, 6) is 0.776. The largest absolute Gasteiger partial charge is 0.304 e. The molecule has 3 heteroatoms. The molecule has 0 radical (unpaired) electrons. The van der Waals surface area contributed by atoms with Gasteiger partial charge in [0.05, 0.1) is 0 Å². The van der Waals surface area contributed by atoms with E-state index in [9.17, 15) is 0 Å². The first kappa shape index (κ1) is 19.0. The molecule has 0 spiro atoms. The van der Waals surface area contributed by atoms with Gasteiger partial charge in [0, 0.05) is 21.9 Å². The summed E-state index contributed by atoms with van der Waals surface area (Å²) in [5, 5.41) is 3.85. The van der Waals surface area contributed by atoms with Crippen LogP contribution in [0.4, 0.5) is 0 Å². The Bertz CT molecular complexity index is 553. The average Bonchev–Trinajstić information content (AvgIpc) is 2.52. The van der Waals surface area contributed by atoms with Crippen LogP contribution in [0.15, 0.2) is 39.6 Å². The van der Waals surface area contributed by atoms with Gasteiger partial charge in [0.1, 0.15) is 0 Å². The van der Waals surface area contributed by atoms with Crippen LogP contribution in [0.2, 0.25) is 0 Å². The molecule has 1 aromatic carbocycles. The SMILES string of the molecule is CCCC1=CC(C)(NCc2ccc(SC)cc2SC)CC(C)C1.